The minimum Gasteiger partial charge on any atom is -0.388 e. The molecule has 112 valence electrons. The Kier molecular flexibility index (Phi) is 3.69. The predicted octanol–water partition coefficient (Wildman–Crippen LogP) is 3.17. The van der Waals surface area contributed by atoms with Gasteiger partial charge in [0.1, 0.15) is 10.0 Å². The SMILES string of the molecule is O=S(=O)(c1ccc(Cl)s1)N1CCC(O)c2cc(F)ccc21. The number of fused-ring (bicyclic) bond motifs is 1. The highest BCUT2D eigenvalue weighted by Gasteiger charge is 2.33. The Morgan fingerprint density at radius 3 is 2.76 bits per heavy atom. The molecule has 0 bridgehead atoms. The van der Waals surface area contributed by atoms with Gasteiger partial charge in [-0.3, -0.25) is 4.31 Å². The lowest BCUT2D eigenvalue weighted by atomic mass is 10.0. The Bertz CT molecular complexity index is 790. The zero-order valence-corrected chi connectivity index (χ0v) is 13.1. The molecule has 0 amide bonds. The van der Waals surface area contributed by atoms with Crippen LogP contribution in [0.1, 0.15) is 18.1 Å². The van der Waals surface area contributed by atoms with E-state index < -0.39 is 21.9 Å². The van der Waals surface area contributed by atoms with Crippen LogP contribution in [0, 0.1) is 5.82 Å². The van der Waals surface area contributed by atoms with Gasteiger partial charge in [0.05, 0.1) is 16.1 Å². The molecule has 1 N–H and O–H groups in total. The second-order valence-corrected chi connectivity index (χ2v) is 8.45. The fourth-order valence-corrected chi connectivity index (χ4v) is 5.43. The van der Waals surface area contributed by atoms with Gasteiger partial charge in [-0.25, -0.2) is 12.8 Å². The lowest BCUT2D eigenvalue weighted by Crippen LogP contribution is -2.36. The summed E-state index contributed by atoms with van der Waals surface area (Å²) in [5, 5.41) is 9.94. The highest BCUT2D eigenvalue weighted by Crippen LogP contribution is 2.39. The van der Waals surface area contributed by atoms with Gasteiger partial charge in [-0.2, -0.15) is 0 Å². The van der Waals surface area contributed by atoms with Crippen LogP contribution < -0.4 is 4.31 Å². The van der Waals surface area contributed by atoms with Crippen molar-refractivity contribution in [1.29, 1.82) is 0 Å². The molecule has 0 aliphatic carbocycles. The second kappa shape index (κ2) is 5.24. The third-order valence-corrected chi connectivity index (χ3v) is 6.83. The molecule has 21 heavy (non-hydrogen) atoms. The zero-order chi connectivity index (χ0) is 15.2. The maximum atomic E-state index is 13.3. The first-order valence-electron chi connectivity index (χ1n) is 6.15. The number of hydrogen-bond donors (Lipinski definition) is 1. The van der Waals surface area contributed by atoms with Crippen molar-refractivity contribution >= 4 is 38.6 Å². The molecular formula is C13H11ClFNO3S2. The first-order chi connectivity index (χ1) is 9.89. The summed E-state index contributed by atoms with van der Waals surface area (Å²) in [5.74, 6) is -0.508. The van der Waals surface area contributed by atoms with Crippen molar-refractivity contribution in [2.75, 3.05) is 10.8 Å². The standard InChI is InChI=1S/C13H11ClFNO3S2/c14-12-3-4-13(20-12)21(18,19)16-6-5-11(17)9-7-8(15)1-2-10(9)16/h1-4,7,11,17H,5-6H2. The summed E-state index contributed by atoms with van der Waals surface area (Å²) in [4.78, 5) is 0. The van der Waals surface area contributed by atoms with Gasteiger partial charge in [-0.1, -0.05) is 11.6 Å². The van der Waals surface area contributed by atoms with E-state index in [1.165, 1.54) is 34.6 Å². The molecule has 2 heterocycles. The second-order valence-electron chi connectivity index (χ2n) is 4.64. The maximum absolute atomic E-state index is 13.3. The monoisotopic (exact) mass is 347 g/mol. The third kappa shape index (κ3) is 2.55. The first-order valence-corrected chi connectivity index (χ1v) is 8.78. The normalized spacial score (nSPS) is 18.6. The Morgan fingerprint density at radius 1 is 1.33 bits per heavy atom. The highest BCUT2D eigenvalue weighted by molar-refractivity contribution is 7.94. The van der Waals surface area contributed by atoms with Crippen molar-refractivity contribution in [3.8, 4) is 0 Å². The molecule has 8 heteroatoms. The average molecular weight is 348 g/mol. The quantitative estimate of drug-likeness (QED) is 0.907. The van der Waals surface area contributed by atoms with E-state index in [0.29, 0.717) is 10.0 Å². The van der Waals surface area contributed by atoms with Gasteiger partial charge in [0.25, 0.3) is 10.0 Å². The van der Waals surface area contributed by atoms with Crippen molar-refractivity contribution in [3.63, 3.8) is 0 Å². The predicted molar refractivity (Wildman–Crippen MR) is 79.8 cm³/mol. The fourth-order valence-electron chi connectivity index (χ4n) is 2.33. The van der Waals surface area contributed by atoms with Crippen molar-refractivity contribution in [1.82, 2.24) is 0 Å². The van der Waals surface area contributed by atoms with Crippen LogP contribution in [0.5, 0.6) is 0 Å². The van der Waals surface area contributed by atoms with Gasteiger partial charge in [-0.15, -0.1) is 11.3 Å². The summed E-state index contributed by atoms with van der Waals surface area (Å²) in [6.07, 6.45) is -0.650. The molecule has 1 aromatic carbocycles. The molecule has 0 saturated heterocycles. The number of aliphatic hydroxyl groups is 1. The fraction of sp³-hybridized carbons (Fsp3) is 0.231. The smallest absolute Gasteiger partial charge is 0.273 e. The van der Waals surface area contributed by atoms with E-state index in [4.69, 9.17) is 11.6 Å². The summed E-state index contributed by atoms with van der Waals surface area (Å²) in [6, 6.07) is 6.68. The van der Waals surface area contributed by atoms with Gasteiger partial charge in [0, 0.05) is 12.1 Å². The molecule has 0 radical (unpaired) electrons. The van der Waals surface area contributed by atoms with Crippen LogP contribution >= 0.6 is 22.9 Å². The van der Waals surface area contributed by atoms with Crippen LogP contribution in [-0.4, -0.2) is 20.1 Å². The molecule has 0 spiro atoms. The molecule has 1 aromatic heterocycles. The van der Waals surface area contributed by atoms with E-state index in [1.54, 1.807) is 0 Å². The molecule has 1 aliphatic heterocycles. The van der Waals surface area contributed by atoms with E-state index in [9.17, 15) is 17.9 Å². The lowest BCUT2D eigenvalue weighted by molar-refractivity contribution is 0.166. The Balaban J connectivity index is 2.11. The number of hydrogen-bond acceptors (Lipinski definition) is 4. The number of anilines is 1. The number of thiophene rings is 1. The van der Waals surface area contributed by atoms with Crippen LogP contribution in [0.25, 0.3) is 0 Å². The summed E-state index contributed by atoms with van der Waals surface area (Å²) in [5.41, 5.74) is 0.590. The van der Waals surface area contributed by atoms with Gasteiger partial charge >= 0.3 is 0 Å². The number of rotatable bonds is 2. The molecular weight excluding hydrogens is 337 g/mol. The lowest BCUT2D eigenvalue weighted by Gasteiger charge is -2.32. The molecule has 1 unspecified atom stereocenters. The van der Waals surface area contributed by atoms with E-state index >= 15 is 0 Å². The van der Waals surface area contributed by atoms with Crippen molar-refractivity contribution in [2.45, 2.75) is 16.7 Å². The molecule has 1 atom stereocenters. The Morgan fingerprint density at radius 2 is 2.10 bits per heavy atom. The first kappa shape index (κ1) is 14.8. The largest absolute Gasteiger partial charge is 0.388 e. The summed E-state index contributed by atoms with van der Waals surface area (Å²) >= 11 is 6.76. The van der Waals surface area contributed by atoms with E-state index in [-0.39, 0.29) is 22.7 Å². The molecule has 0 saturated carbocycles. The van der Waals surface area contributed by atoms with E-state index in [0.717, 1.165) is 11.3 Å². The van der Waals surface area contributed by atoms with Gasteiger partial charge in [0.15, 0.2) is 0 Å². The minimum atomic E-state index is -3.76. The number of benzene rings is 1. The number of sulfonamides is 1. The van der Waals surface area contributed by atoms with Crippen LogP contribution in [0.3, 0.4) is 0 Å². The van der Waals surface area contributed by atoms with Gasteiger partial charge in [-0.05, 0) is 36.8 Å². The van der Waals surface area contributed by atoms with Crippen molar-refractivity contribution in [2.24, 2.45) is 0 Å². The van der Waals surface area contributed by atoms with Crippen molar-refractivity contribution < 1.29 is 17.9 Å². The van der Waals surface area contributed by atoms with E-state index in [1.807, 2.05) is 0 Å². The molecule has 0 fully saturated rings. The summed E-state index contributed by atoms with van der Waals surface area (Å²) in [7, 11) is -3.76. The van der Waals surface area contributed by atoms with Gasteiger partial charge < -0.3 is 5.11 Å². The molecule has 3 rings (SSSR count). The third-order valence-electron chi connectivity index (χ3n) is 3.32. The Labute approximate surface area is 130 Å². The molecule has 2 aromatic rings. The molecule has 1 aliphatic rings. The number of nitrogens with zero attached hydrogens (tertiary/aromatic N) is 1. The minimum absolute atomic E-state index is 0.124. The topological polar surface area (TPSA) is 57.6 Å². The van der Waals surface area contributed by atoms with Crippen molar-refractivity contribution in [3.05, 3.63) is 46.0 Å². The van der Waals surface area contributed by atoms with E-state index in [2.05, 4.69) is 0 Å². The number of aliphatic hydroxyl groups excluding tert-OH is 1. The van der Waals surface area contributed by atoms with Crippen LogP contribution in [0.4, 0.5) is 10.1 Å². The summed E-state index contributed by atoms with van der Waals surface area (Å²) < 4.78 is 40.3. The highest BCUT2D eigenvalue weighted by atomic mass is 35.5. The van der Waals surface area contributed by atoms with Crippen LogP contribution in [0.15, 0.2) is 34.5 Å². The Hall–Kier alpha value is -1.15. The maximum Gasteiger partial charge on any atom is 0.273 e. The summed E-state index contributed by atoms with van der Waals surface area (Å²) in [6.45, 7) is 0.137. The average Bonchev–Trinajstić information content (AvgIpc) is 2.87. The number of halogens is 2. The van der Waals surface area contributed by atoms with Gasteiger partial charge in [0.2, 0.25) is 0 Å². The zero-order valence-electron chi connectivity index (χ0n) is 10.7. The molecule has 4 nitrogen and oxygen atoms in total. The van der Waals surface area contributed by atoms with Crippen LogP contribution in [-0.2, 0) is 10.0 Å². The van der Waals surface area contributed by atoms with Crippen LogP contribution in [0.2, 0.25) is 4.34 Å².